The van der Waals surface area contributed by atoms with Crippen molar-refractivity contribution in [2.45, 2.75) is 75.5 Å². The molecule has 1 unspecified atom stereocenters. The summed E-state index contributed by atoms with van der Waals surface area (Å²) in [4.78, 5) is 32.0. The van der Waals surface area contributed by atoms with Crippen molar-refractivity contribution in [2.24, 2.45) is 22.7 Å². The monoisotopic (exact) mass is 453 g/mol. The molecule has 5 nitrogen and oxygen atoms in total. The number of rotatable bonds is 6. The highest BCUT2D eigenvalue weighted by atomic mass is 32.2. The molecule has 1 aromatic carbocycles. The summed E-state index contributed by atoms with van der Waals surface area (Å²) in [5.74, 6) is 2.18. The van der Waals surface area contributed by atoms with Gasteiger partial charge in [-0.2, -0.15) is 4.99 Å². The molecule has 32 heavy (non-hydrogen) atoms. The average Bonchev–Trinajstić information content (AvgIpc) is 3.50. The topological polar surface area (TPSA) is 61.8 Å². The normalized spacial score (nSPS) is 32.4. The Morgan fingerprint density at radius 3 is 2.62 bits per heavy atom. The van der Waals surface area contributed by atoms with Crippen molar-refractivity contribution in [1.29, 1.82) is 0 Å². The van der Waals surface area contributed by atoms with Gasteiger partial charge >= 0.3 is 0 Å². The number of fused-ring (bicyclic) bond motifs is 2. The summed E-state index contributed by atoms with van der Waals surface area (Å²) in [5.41, 5.74) is 1.29. The standard InChI is InChI=1S/C26H35N3O2S/c1-26(24(31)28-25(32-26)27-22-17-19-10-11-20(22)16-19)21-12-14-29(15-13-21)23(30)9-5-8-18-6-3-2-4-7-18/h2-4,6-7,19-22H,5,8-17H2,1H3,(H,27,28,31)/t19-,20-,22-,26?/m0/s1. The van der Waals surface area contributed by atoms with Gasteiger partial charge < -0.3 is 10.2 Å². The zero-order chi connectivity index (χ0) is 22.1. The van der Waals surface area contributed by atoms with E-state index < -0.39 is 4.75 Å². The third-order valence-electron chi connectivity index (χ3n) is 8.31. The lowest BCUT2D eigenvalue weighted by Gasteiger charge is -2.38. The first-order valence-corrected chi connectivity index (χ1v) is 13.2. The molecule has 0 radical (unpaired) electrons. The van der Waals surface area contributed by atoms with Gasteiger partial charge in [-0.15, -0.1) is 0 Å². The van der Waals surface area contributed by atoms with E-state index >= 15 is 0 Å². The molecule has 2 bridgehead atoms. The van der Waals surface area contributed by atoms with Gasteiger partial charge in [0.05, 0.1) is 0 Å². The van der Waals surface area contributed by atoms with Gasteiger partial charge in [-0.25, -0.2) is 0 Å². The van der Waals surface area contributed by atoms with Crippen LogP contribution in [-0.2, 0) is 16.0 Å². The molecule has 2 aliphatic carbocycles. The van der Waals surface area contributed by atoms with Gasteiger partial charge in [0.25, 0.3) is 5.91 Å². The molecule has 172 valence electrons. The highest BCUT2D eigenvalue weighted by molar-refractivity contribution is 8.16. The van der Waals surface area contributed by atoms with Crippen molar-refractivity contribution in [3.63, 3.8) is 0 Å². The number of nitrogens with one attached hydrogen (secondary N) is 1. The largest absolute Gasteiger partial charge is 0.361 e. The maximum atomic E-state index is 12.9. The maximum Gasteiger partial charge on any atom is 0.264 e. The highest BCUT2D eigenvalue weighted by Crippen LogP contribution is 2.47. The van der Waals surface area contributed by atoms with Crippen LogP contribution in [0, 0.1) is 17.8 Å². The minimum Gasteiger partial charge on any atom is -0.361 e. The predicted octanol–water partition coefficient (Wildman–Crippen LogP) is 4.41. The number of carbonyl (C=O) groups excluding carboxylic acids is 2. The van der Waals surface area contributed by atoms with Crippen LogP contribution in [0.5, 0.6) is 0 Å². The molecule has 0 aromatic heterocycles. The number of likely N-dealkylation sites (tertiary alicyclic amines) is 1. The van der Waals surface area contributed by atoms with Crippen molar-refractivity contribution in [2.75, 3.05) is 13.1 Å². The van der Waals surface area contributed by atoms with E-state index in [-0.39, 0.29) is 17.7 Å². The van der Waals surface area contributed by atoms with Crippen molar-refractivity contribution >= 4 is 28.7 Å². The van der Waals surface area contributed by atoms with E-state index in [4.69, 9.17) is 0 Å². The molecule has 1 N–H and O–H groups in total. The first kappa shape index (κ1) is 22.0. The van der Waals surface area contributed by atoms with Crippen LogP contribution in [0.15, 0.2) is 35.3 Å². The minimum absolute atomic E-state index is 0.0146. The van der Waals surface area contributed by atoms with Crippen LogP contribution in [0.1, 0.15) is 63.9 Å². The number of thioether (sulfide) groups is 1. The summed E-state index contributed by atoms with van der Waals surface area (Å²) in [6, 6.07) is 10.9. The highest BCUT2D eigenvalue weighted by Gasteiger charge is 2.49. The molecule has 2 amide bonds. The summed E-state index contributed by atoms with van der Waals surface area (Å²) in [5, 5.41) is 4.47. The summed E-state index contributed by atoms with van der Waals surface area (Å²) in [6.07, 6.45) is 9.49. The molecule has 2 heterocycles. The lowest BCUT2D eigenvalue weighted by molar-refractivity contribution is -0.133. The Balaban J connectivity index is 1.08. The third-order valence-corrected chi connectivity index (χ3v) is 9.64. The van der Waals surface area contributed by atoms with Gasteiger partial charge in [-0.05, 0) is 75.2 Å². The van der Waals surface area contributed by atoms with Crippen molar-refractivity contribution in [1.82, 2.24) is 10.2 Å². The molecule has 1 aromatic rings. The van der Waals surface area contributed by atoms with Crippen LogP contribution in [0.2, 0.25) is 0 Å². The van der Waals surface area contributed by atoms with Gasteiger partial charge in [0.1, 0.15) is 4.75 Å². The second-order valence-corrected chi connectivity index (χ2v) is 11.8. The van der Waals surface area contributed by atoms with E-state index in [1.165, 1.54) is 31.2 Å². The maximum absolute atomic E-state index is 12.9. The minimum atomic E-state index is -0.484. The quantitative estimate of drug-likeness (QED) is 0.693. The number of benzene rings is 1. The van der Waals surface area contributed by atoms with Crippen LogP contribution >= 0.6 is 11.8 Å². The molecule has 5 rings (SSSR count). The molecular formula is C26H35N3O2S. The van der Waals surface area contributed by atoms with Crippen LogP contribution < -0.4 is 5.32 Å². The van der Waals surface area contributed by atoms with E-state index in [0.29, 0.717) is 12.5 Å². The lowest BCUT2D eigenvalue weighted by Crippen LogP contribution is -2.46. The smallest absolute Gasteiger partial charge is 0.264 e. The Hall–Kier alpha value is -1.82. The predicted molar refractivity (Wildman–Crippen MR) is 129 cm³/mol. The summed E-state index contributed by atoms with van der Waals surface area (Å²) in [7, 11) is 0. The van der Waals surface area contributed by atoms with Crippen molar-refractivity contribution in [3.8, 4) is 0 Å². The van der Waals surface area contributed by atoms with Gasteiger partial charge in [0.15, 0.2) is 5.17 Å². The van der Waals surface area contributed by atoms with E-state index in [0.717, 1.165) is 55.8 Å². The fourth-order valence-electron chi connectivity index (χ4n) is 6.30. The number of hydrogen-bond donors (Lipinski definition) is 1. The molecule has 1 saturated heterocycles. The van der Waals surface area contributed by atoms with Crippen LogP contribution in [0.3, 0.4) is 0 Å². The molecule has 2 saturated carbocycles. The first-order valence-electron chi connectivity index (χ1n) is 12.4. The van der Waals surface area contributed by atoms with Gasteiger partial charge in [-0.3, -0.25) is 9.59 Å². The van der Waals surface area contributed by atoms with Crippen LogP contribution in [-0.4, -0.2) is 45.8 Å². The molecule has 4 atom stereocenters. The SMILES string of the molecule is CC1(C2CCN(C(=O)CCCc3ccccc3)CC2)SC(N[C@H]2C[C@H]3CC[C@H]2C3)=NC1=O. The number of aliphatic imine (C=N–C) groups is 1. The van der Waals surface area contributed by atoms with Gasteiger partial charge in [0.2, 0.25) is 5.91 Å². The Morgan fingerprint density at radius 2 is 1.94 bits per heavy atom. The van der Waals surface area contributed by atoms with Crippen LogP contribution in [0.4, 0.5) is 0 Å². The van der Waals surface area contributed by atoms with E-state index in [1.54, 1.807) is 11.8 Å². The van der Waals surface area contributed by atoms with Gasteiger partial charge in [0, 0.05) is 25.6 Å². The second kappa shape index (κ2) is 9.20. The Bertz CT molecular complexity index is 880. The summed E-state index contributed by atoms with van der Waals surface area (Å²) in [6.45, 7) is 3.59. The van der Waals surface area contributed by atoms with Gasteiger partial charge in [-0.1, -0.05) is 48.5 Å². The number of piperidine rings is 1. The molecule has 4 aliphatic rings. The average molecular weight is 454 g/mol. The zero-order valence-corrected chi connectivity index (χ0v) is 19.9. The molecular weight excluding hydrogens is 418 g/mol. The Labute approximate surface area is 195 Å². The number of hydrogen-bond acceptors (Lipinski definition) is 4. The van der Waals surface area contributed by atoms with E-state index in [9.17, 15) is 9.59 Å². The number of carbonyl (C=O) groups is 2. The zero-order valence-electron chi connectivity index (χ0n) is 19.1. The fraction of sp³-hybridized carbons (Fsp3) is 0.654. The third kappa shape index (κ3) is 4.48. The van der Waals surface area contributed by atoms with Crippen molar-refractivity contribution in [3.05, 3.63) is 35.9 Å². The molecule has 3 fully saturated rings. The molecule has 6 heteroatoms. The number of amidine groups is 1. The second-order valence-electron chi connectivity index (χ2n) is 10.4. The molecule has 2 aliphatic heterocycles. The van der Waals surface area contributed by atoms with E-state index in [2.05, 4.69) is 29.4 Å². The Morgan fingerprint density at radius 1 is 1.16 bits per heavy atom. The number of amides is 2. The summed E-state index contributed by atoms with van der Waals surface area (Å²) < 4.78 is -0.484. The lowest BCUT2D eigenvalue weighted by atomic mass is 9.84. The fourth-order valence-corrected chi connectivity index (χ4v) is 7.57. The van der Waals surface area contributed by atoms with Crippen LogP contribution in [0.25, 0.3) is 0 Å². The number of nitrogens with zero attached hydrogens (tertiary/aromatic N) is 2. The first-order chi connectivity index (χ1) is 15.5. The summed E-state index contributed by atoms with van der Waals surface area (Å²) >= 11 is 1.65. The number of aryl methyl sites for hydroxylation is 1. The molecule has 0 spiro atoms. The Kier molecular flexibility index (Phi) is 6.33. The van der Waals surface area contributed by atoms with Crippen molar-refractivity contribution < 1.29 is 9.59 Å². The van der Waals surface area contributed by atoms with E-state index in [1.807, 2.05) is 23.1 Å².